The van der Waals surface area contributed by atoms with Crippen molar-refractivity contribution in [2.24, 2.45) is 5.92 Å². The standard InChI is InChI=1S/C34H40N4O5S/c1-23(2)21-30(33(40)35-5)38(32(39)20-17-26-11-7-6-8-12-26)22-27-15-18-28(19-16-27)29-13-9-10-14-31(29)44(41,42)37-34-24(3)25(4)36-43-34/h6-16,18-19,23,30,37H,17,20-22H2,1-5H3,(H,35,40). The number of carbonyl (C=O) groups excluding carboxylic acids is 2. The van der Waals surface area contributed by atoms with Crippen molar-refractivity contribution in [3.63, 3.8) is 0 Å². The van der Waals surface area contributed by atoms with Crippen molar-refractivity contribution < 1.29 is 22.5 Å². The Balaban J connectivity index is 1.60. The lowest BCUT2D eigenvalue weighted by Gasteiger charge is -2.32. The molecule has 0 spiro atoms. The van der Waals surface area contributed by atoms with E-state index in [-0.39, 0.29) is 41.5 Å². The third-order valence-electron chi connectivity index (χ3n) is 7.59. The van der Waals surface area contributed by atoms with Crippen LogP contribution in [0.3, 0.4) is 0 Å². The van der Waals surface area contributed by atoms with Crippen molar-refractivity contribution in [3.05, 3.63) is 101 Å². The van der Waals surface area contributed by atoms with E-state index < -0.39 is 16.1 Å². The average Bonchev–Trinajstić information content (AvgIpc) is 3.33. The van der Waals surface area contributed by atoms with Crippen LogP contribution >= 0.6 is 0 Å². The number of sulfonamides is 1. The highest BCUT2D eigenvalue weighted by molar-refractivity contribution is 7.92. The van der Waals surface area contributed by atoms with Crippen LogP contribution in [0.2, 0.25) is 0 Å². The first-order chi connectivity index (χ1) is 21.0. The summed E-state index contributed by atoms with van der Waals surface area (Å²) < 4.78 is 34.5. The number of anilines is 1. The number of hydrogen-bond acceptors (Lipinski definition) is 6. The van der Waals surface area contributed by atoms with Gasteiger partial charge in [-0.2, -0.15) is 0 Å². The number of aryl methyl sites for hydroxylation is 2. The first kappa shape index (κ1) is 32.5. The highest BCUT2D eigenvalue weighted by Crippen LogP contribution is 2.30. The van der Waals surface area contributed by atoms with Crippen molar-refractivity contribution in [1.82, 2.24) is 15.4 Å². The van der Waals surface area contributed by atoms with E-state index in [1.165, 1.54) is 6.07 Å². The van der Waals surface area contributed by atoms with Gasteiger partial charge in [-0.05, 0) is 55.4 Å². The number of amides is 2. The summed E-state index contributed by atoms with van der Waals surface area (Å²) in [6.45, 7) is 7.78. The predicted molar refractivity (Wildman–Crippen MR) is 171 cm³/mol. The molecule has 3 aromatic carbocycles. The minimum Gasteiger partial charge on any atom is -0.357 e. The Morgan fingerprint density at radius 2 is 1.57 bits per heavy atom. The quantitative estimate of drug-likeness (QED) is 0.194. The number of hydrogen-bond donors (Lipinski definition) is 2. The number of nitrogens with one attached hydrogen (secondary N) is 2. The monoisotopic (exact) mass is 616 g/mol. The zero-order chi connectivity index (χ0) is 31.9. The van der Waals surface area contributed by atoms with Crippen LogP contribution < -0.4 is 10.0 Å². The summed E-state index contributed by atoms with van der Waals surface area (Å²) in [6.07, 6.45) is 1.37. The summed E-state index contributed by atoms with van der Waals surface area (Å²) in [5.41, 5.74) is 4.30. The lowest BCUT2D eigenvalue weighted by molar-refractivity contribution is -0.141. The Labute approximate surface area is 259 Å². The summed E-state index contributed by atoms with van der Waals surface area (Å²) in [5.74, 6) is -0.0302. The molecule has 0 aliphatic heterocycles. The van der Waals surface area contributed by atoms with Crippen LogP contribution in [0.4, 0.5) is 5.88 Å². The van der Waals surface area contributed by atoms with E-state index in [4.69, 9.17) is 4.52 Å². The molecule has 1 heterocycles. The highest BCUT2D eigenvalue weighted by atomic mass is 32.2. The highest BCUT2D eigenvalue weighted by Gasteiger charge is 2.30. The Morgan fingerprint density at radius 1 is 0.909 bits per heavy atom. The zero-order valence-electron chi connectivity index (χ0n) is 25.8. The van der Waals surface area contributed by atoms with E-state index in [1.807, 2.05) is 68.4 Å². The Hall–Kier alpha value is -4.44. The van der Waals surface area contributed by atoms with Crippen LogP contribution in [0.1, 0.15) is 49.1 Å². The maximum absolute atomic E-state index is 13.6. The van der Waals surface area contributed by atoms with Gasteiger partial charge in [0.1, 0.15) is 6.04 Å². The molecule has 4 aromatic rings. The summed E-state index contributed by atoms with van der Waals surface area (Å²) in [6, 6.07) is 23.3. The average molecular weight is 617 g/mol. The molecule has 44 heavy (non-hydrogen) atoms. The second-order valence-electron chi connectivity index (χ2n) is 11.3. The van der Waals surface area contributed by atoms with Gasteiger partial charge in [-0.3, -0.25) is 9.59 Å². The molecule has 2 amide bonds. The van der Waals surface area contributed by atoms with Crippen molar-refractivity contribution in [2.75, 3.05) is 11.8 Å². The van der Waals surface area contributed by atoms with Gasteiger partial charge in [0.2, 0.25) is 17.7 Å². The lowest BCUT2D eigenvalue weighted by Crippen LogP contribution is -2.49. The molecule has 1 atom stereocenters. The molecule has 0 saturated heterocycles. The fourth-order valence-electron chi connectivity index (χ4n) is 5.01. The Kier molecular flexibility index (Phi) is 10.6. The molecule has 0 saturated carbocycles. The summed E-state index contributed by atoms with van der Waals surface area (Å²) in [7, 11) is -2.40. The van der Waals surface area contributed by atoms with Crippen molar-refractivity contribution in [3.8, 4) is 11.1 Å². The molecule has 0 fully saturated rings. The van der Waals surface area contributed by atoms with Crippen LogP contribution in [-0.2, 0) is 32.6 Å². The third-order valence-corrected chi connectivity index (χ3v) is 8.98. The number of rotatable bonds is 13. The van der Waals surface area contributed by atoms with E-state index in [0.717, 1.165) is 11.1 Å². The van der Waals surface area contributed by atoms with Crippen molar-refractivity contribution in [2.45, 2.75) is 64.4 Å². The SMILES string of the molecule is CNC(=O)C(CC(C)C)N(Cc1ccc(-c2ccccc2S(=O)(=O)Nc2onc(C)c2C)cc1)C(=O)CCc1ccccc1. The van der Waals surface area contributed by atoms with Crippen molar-refractivity contribution >= 4 is 27.7 Å². The van der Waals surface area contributed by atoms with Gasteiger partial charge in [-0.1, -0.05) is 91.8 Å². The largest absolute Gasteiger partial charge is 0.357 e. The minimum atomic E-state index is -3.99. The summed E-state index contributed by atoms with van der Waals surface area (Å²) in [5, 5.41) is 6.57. The second kappa shape index (κ2) is 14.4. The number of nitrogens with zero attached hydrogens (tertiary/aromatic N) is 2. The van der Waals surface area contributed by atoms with Crippen LogP contribution in [0.5, 0.6) is 0 Å². The van der Waals surface area contributed by atoms with E-state index in [2.05, 4.69) is 15.2 Å². The Bertz CT molecular complexity index is 1680. The van der Waals surface area contributed by atoms with E-state index in [1.54, 1.807) is 44.0 Å². The predicted octanol–water partition coefficient (Wildman–Crippen LogP) is 5.88. The van der Waals surface area contributed by atoms with E-state index in [0.29, 0.717) is 35.2 Å². The van der Waals surface area contributed by atoms with Gasteiger partial charge in [0.15, 0.2) is 0 Å². The summed E-state index contributed by atoms with van der Waals surface area (Å²) >= 11 is 0. The maximum atomic E-state index is 13.6. The first-order valence-electron chi connectivity index (χ1n) is 14.7. The summed E-state index contributed by atoms with van der Waals surface area (Å²) in [4.78, 5) is 28.4. The van der Waals surface area contributed by atoms with Gasteiger partial charge >= 0.3 is 0 Å². The van der Waals surface area contributed by atoms with Gasteiger partial charge < -0.3 is 14.7 Å². The molecular formula is C34H40N4O5S. The van der Waals surface area contributed by atoms with Crippen molar-refractivity contribution in [1.29, 1.82) is 0 Å². The molecule has 0 radical (unpaired) electrons. The molecule has 9 nitrogen and oxygen atoms in total. The molecule has 2 N–H and O–H groups in total. The number of aromatic nitrogens is 1. The second-order valence-corrected chi connectivity index (χ2v) is 12.9. The van der Waals surface area contributed by atoms with Crippen LogP contribution in [0.25, 0.3) is 11.1 Å². The Morgan fingerprint density at radius 3 is 2.18 bits per heavy atom. The molecule has 4 rings (SSSR count). The molecular weight excluding hydrogens is 576 g/mol. The molecule has 232 valence electrons. The van der Waals surface area contributed by atoms with Crippen LogP contribution in [0.15, 0.2) is 88.3 Å². The van der Waals surface area contributed by atoms with Crippen LogP contribution in [0, 0.1) is 19.8 Å². The third kappa shape index (κ3) is 7.93. The minimum absolute atomic E-state index is 0.0803. The lowest BCUT2D eigenvalue weighted by atomic mass is 9.99. The van der Waals surface area contributed by atoms with Gasteiger partial charge in [0.25, 0.3) is 10.0 Å². The fourth-order valence-corrected chi connectivity index (χ4v) is 6.29. The maximum Gasteiger partial charge on any atom is 0.264 e. The van der Waals surface area contributed by atoms with Gasteiger partial charge in [-0.25, -0.2) is 13.1 Å². The fraction of sp³-hybridized carbons (Fsp3) is 0.324. The number of benzene rings is 3. The molecule has 1 unspecified atom stereocenters. The topological polar surface area (TPSA) is 122 Å². The molecule has 0 aliphatic rings. The number of carbonyl (C=O) groups is 2. The number of likely N-dealkylation sites (N-methyl/N-ethyl adjacent to an activating group) is 1. The van der Waals surface area contributed by atoms with Gasteiger partial charge in [0, 0.05) is 31.1 Å². The zero-order valence-corrected chi connectivity index (χ0v) is 26.6. The van der Waals surface area contributed by atoms with Gasteiger partial charge in [-0.15, -0.1) is 0 Å². The molecule has 1 aromatic heterocycles. The first-order valence-corrected chi connectivity index (χ1v) is 16.2. The molecule has 10 heteroatoms. The smallest absolute Gasteiger partial charge is 0.264 e. The van der Waals surface area contributed by atoms with E-state index in [9.17, 15) is 18.0 Å². The van der Waals surface area contributed by atoms with Crippen LogP contribution in [-0.4, -0.2) is 43.4 Å². The molecule has 0 bridgehead atoms. The van der Waals surface area contributed by atoms with E-state index >= 15 is 0 Å². The van der Waals surface area contributed by atoms with Gasteiger partial charge in [0.05, 0.1) is 10.6 Å². The molecule has 0 aliphatic carbocycles. The normalized spacial score (nSPS) is 12.1.